The molecule has 9 heteroatoms. The van der Waals surface area contributed by atoms with Crippen LogP contribution in [0.2, 0.25) is 0 Å². The minimum absolute atomic E-state index is 0.0429. The first kappa shape index (κ1) is 28.6. The molecule has 1 saturated heterocycles. The van der Waals surface area contributed by atoms with Crippen LogP contribution >= 0.6 is 0 Å². The Hall–Kier alpha value is -3.46. The van der Waals surface area contributed by atoms with Crippen LogP contribution in [0, 0.1) is 29.0 Å². The zero-order valence-electron chi connectivity index (χ0n) is 25.0. The van der Waals surface area contributed by atoms with Crippen LogP contribution in [0.25, 0.3) is 10.9 Å². The number of benzene rings is 2. The topological polar surface area (TPSA) is 92.0 Å². The summed E-state index contributed by atoms with van der Waals surface area (Å²) in [7, 11) is 1.44. The van der Waals surface area contributed by atoms with Gasteiger partial charge in [-0.3, -0.25) is 9.36 Å². The highest BCUT2D eigenvalue weighted by molar-refractivity contribution is 5.96. The summed E-state index contributed by atoms with van der Waals surface area (Å²) in [5, 5.41) is 14.1. The van der Waals surface area contributed by atoms with E-state index in [4.69, 9.17) is 9.73 Å². The smallest absolute Gasteiger partial charge is 0.261 e. The first-order valence-electron chi connectivity index (χ1n) is 15.2. The van der Waals surface area contributed by atoms with E-state index >= 15 is 0 Å². The number of nitrogens with one attached hydrogen (secondary N) is 1. The third-order valence-corrected chi connectivity index (χ3v) is 10.4. The van der Waals surface area contributed by atoms with E-state index in [2.05, 4.69) is 36.0 Å². The van der Waals surface area contributed by atoms with Crippen LogP contribution in [0.15, 0.2) is 52.5 Å². The summed E-state index contributed by atoms with van der Waals surface area (Å²) in [6, 6.07) is 10.9. The molecular formula is C33H42FN5O3. The van der Waals surface area contributed by atoms with Gasteiger partial charge in [-0.25, -0.2) is 14.4 Å². The van der Waals surface area contributed by atoms with Crippen LogP contribution in [0.5, 0.6) is 5.75 Å². The number of aliphatic imine (C=N–C) groups is 1. The molecule has 3 saturated carbocycles. The minimum Gasteiger partial charge on any atom is -0.494 e. The number of hydrogen-bond donors (Lipinski definition) is 2. The van der Waals surface area contributed by atoms with Gasteiger partial charge in [0.25, 0.3) is 5.56 Å². The lowest BCUT2D eigenvalue weighted by molar-refractivity contribution is -0.108. The van der Waals surface area contributed by atoms with Crippen molar-refractivity contribution in [1.29, 1.82) is 0 Å². The van der Waals surface area contributed by atoms with E-state index in [1.807, 2.05) is 12.1 Å². The average molecular weight is 576 g/mol. The molecule has 0 amide bonds. The summed E-state index contributed by atoms with van der Waals surface area (Å²) in [6.45, 7) is 8.39. The summed E-state index contributed by atoms with van der Waals surface area (Å²) in [5.41, 5.74) is 2.11. The summed E-state index contributed by atoms with van der Waals surface area (Å²) in [5.74, 6) is 2.48. The average Bonchev–Trinajstić information content (AvgIpc) is 3.47. The van der Waals surface area contributed by atoms with Crippen molar-refractivity contribution in [3.63, 3.8) is 0 Å². The van der Waals surface area contributed by atoms with Crippen LogP contribution in [0.1, 0.15) is 52.0 Å². The fourth-order valence-electron chi connectivity index (χ4n) is 7.61. The molecule has 8 nitrogen and oxygen atoms in total. The van der Waals surface area contributed by atoms with Crippen molar-refractivity contribution in [3.8, 4) is 5.75 Å². The Labute approximate surface area is 246 Å². The summed E-state index contributed by atoms with van der Waals surface area (Å²) < 4.78 is 21.2. The molecule has 0 unspecified atom stereocenters. The van der Waals surface area contributed by atoms with E-state index in [-0.39, 0.29) is 30.0 Å². The van der Waals surface area contributed by atoms with Gasteiger partial charge in [0.05, 0.1) is 43.0 Å². The van der Waals surface area contributed by atoms with Crippen LogP contribution in [0.4, 0.5) is 10.1 Å². The first-order valence-corrected chi connectivity index (χ1v) is 15.2. The number of anilines is 1. The highest BCUT2D eigenvalue weighted by Crippen LogP contribution is 2.61. The molecule has 0 radical (unpaired) electrons. The van der Waals surface area contributed by atoms with Gasteiger partial charge >= 0.3 is 0 Å². The summed E-state index contributed by atoms with van der Waals surface area (Å²) in [6.07, 6.45) is 6.22. The second kappa shape index (κ2) is 11.3. The number of aliphatic hydroxyl groups excluding tert-OH is 1. The SMILES string of the molecule is COc1cccc(CCn2cnc3cc(N/C(=N/[C@H]4C[C@@H]5C[C@H]([C@@H]4C)C5(C)C)N4CCC[C@H]4CO)ccc3c2=O)c1F. The number of aliphatic hydroxyl groups is 1. The van der Waals surface area contributed by atoms with Crippen LogP contribution < -0.4 is 15.6 Å². The van der Waals surface area contributed by atoms with Gasteiger partial charge in [0.1, 0.15) is 0 Å². The molecule has 3 aromatic rings. The predicted octanol–water partition coefficient (Wildman–Crippen LogP) is 5.08. The van der Waals surface area contributed by atoms with E-state index in [9.17, 15) is 14.3 Å². The standard InChI is InChI=1S/C33H42FN5O3/c1-20-26-15-22(33(26,2)3)16-27(20)37-32(39-13-6-8-24(39)18-40)36-23-10-11-25-28(17-23)35-19-38(31(25)41)14-12-21-7-5-9-29(42-4)30(21)34/h5,7,9-11,17,19-20,22,24,26-27,40H,6,8,12-16,18H2,1-4H3,(H,36,37)/t20-,22-,24-,26+,27-/m0/s1. The van der Waals surface area contributed by atoms with Gasteiger partial charge < -0.3 is 20.1 Å². The van der Waals surface area contributed by atoms with Gasteiger partial charge in [-0.1, -0.05) is 32.9 Å². The number of aryl methyl sites for hydroxylation is 2. The zero-order chi connectivity index (χ0) is 29.6. The maximum atomic E-state index is 14.6. The highest BCUT2D eigenvalue weighted by atomic mass is 19.1. The van der Waals surface area contributed by atoms with Crippen molar-refractivity contribution >= 4 is 22.5 Å². The van der Waals surface area contributed by atoms with Gasteiger partial charge in [0.2, 0.25) is 0 Å². The van der Waals surface area contributed by atoms with Crippen LogP contribution in [0.3, 0.4) is 0 Å². The Bertz CT molecular complexity index is 1550. The number of halogens is 1. The Morgan fingerprint density at radius 1 is 1.26 bits per heavy atom. The van der Waals surface area contributed by atoms with Crippen LogP contribution in [-0.4, -0.2) is 57.9 Å². The third kappa shape index (κ3) is 5.06. The minimum atomic E-state index is -0.403. The molecule has 2 aromatic carbocycles. The molecule has 4 fully saturated rings. The second-order valence-electron chi connectivity index (χ2n) is 12.9. The van der Waals surface area contributed by atoms with Crippen molar-refractivity contribution in [3.05, 3.63) is 64.5 Å². The summed E-state index contributed by atoms with van der Waals surface area (Å²) >= 11 is 0. The lowest BCUT2D eigenvalue weighted by Gasteiger charge is -2.61. The number of guanidine groups is 1. The van der Waals surface area contributed by atoms with Gasteiger partial charge in [0.15, 0.2) is 17.5 Å². The Morgan fingerprint density at radius 3 is 2.83 bits per heavy atom. The maximum absolute atomic E-state index is 14.6. The van der Waals surface area contributed by atoms with Crippen molar-refractivity contribution < 1.29 is 14.2 Å². The quantitative estimate of drug-likeness (QED) is 0.302. The fourth-order valence-corrected chi connectivity index (χ4v) is 7.61. The summed E-state index contributed by atoms with van der Waals surface area (Å²) in [4.78, 5) is 25.4. The van der Waals surface area contributed by atoms with Gasteiger partial charge in [-0.15, -0.1) is 0 Å². The Kier molecular flexibility index (Phi) is 7.72. The molecule has 0 spiro atoms. The fraction of sp³-hybridized carbons (Fsp3) is 0.545. The predicted molar refractivity (Wildman–Crippen MR) is 163 cm³/mol. The van der Waals surface area contributed by atoms with E-state index < -0.39 is 5.82 Å². The molecule has 3 aliphatic carbocycles. The molecule has 4 aliphatic rings. The number of rotatable bonds is 7. The van der Waals surface area contributed by atoms with Crippen LogP contribution in [-0.2, 0) is 13.0 Å². The lowest BCUT2D eigenvalue weighted by Crippen LogP contribution is -2.56. The highest BCUT2D eigenvalue weighted by Gasteiger charge is 2.56. The number of aromatic nitrogens is 2. The van der Waals surface area contributed by atoms with Gasteiger partial charge in [-0.05, 0) is 85.1 Å². The Morgan fingerprint density at radius 2 is 2.10 bits per heavy atom. The number of methoxy groups -OCH3 is 1. The third-order valence-electron chi connectivity index (χ3n) is 10.4. The number of ether oxygens (including phenoxy) is 1. The molecular weight excluding hydrogens is 533 g/mol. The number of nitrogens with zero attached hydrogens (tertiary/aromatic N) is 4. The number of hydrogen-bond acceptors (Lipinski definition) is 5. The van der Waals surface area contributed by atoms with Crippen molar-refractivity contribution in [1.82, 2.24) is 14.5 Å². The van der Waals surface area contributed by atoms with Crippen molar-refractivity contribution in [2.45, 2.75) is 71.5 Å². The van der Waals surface area contributed by atoms with E-state index in [0.717, 1.165) is 37.5 Å². The molecule has 2 heterocycles. The van der Waals surface area contributed by atoms with Crippen molar-refractivity contribution in [2.75, 3.05) is 25.6 Å². The van der Waals surface area contributed by atoms with E-state index in [0.29, 0.717) is 52.6 Å². The maximum Gasteiger partial charge on any atom is 0.261 e. The molecule has 1 aromatic heterocycles. The van der Waals surface area contributed by atoms with Gasteiger partial charge in [-0.2, -0.15) is 0 Å². The van der Waals surface area contributed by atoms with E-state index in [1.54, 1.807) is 24.3 Å². The first-order chi connectivity index (χ1) is 20.2. The van der Waals surface area contributed by atoms with Crippen molar-refractivity contribution in [2.24, 2.45) is 28.2 Å². The number of fused-ring (bicyclic) bond motifs is 3. The Balaban J connectivity index is 1.24. The largest absolute Gasteiger partial charge is 0.494 e. The lowest BCUT2D eigenvalue weighted by atomic mass is 9.45. The normalized spacial score (nSPS) is 26.8. The molecule has 42 heavy (non-hydrogen) atoms. The van der Waals surface area contributed by atoms with Gasteiger partial charge in [0, 0.05) is 18.8 Å². The molecule has 5 atom stereocenters. The zero-order valence-corrected chi connectivity index (χ0v) is 25.0. The molecule has 2 N–H and O–H groups in total. The molecule has 1 aliphatic heterocycles. The number of likely N-dealkylation sites (tertiary alicyclic amines) is 1. The monoisotopic (exact) mass is 575 g/mol. The molecule has 7 rings (SSSR count). The van der Waals surface area contributed by atoms with E-state index in [1.165, 1.54) is 24.4 Å². The molecule has 2 bridgehead atoms. The molecule has 224 valence electrons. The second-order valence-corrected chi connectivity index (χ2v) is 12.9.